The number of hydrogen-bond donors (Lipinski definition) is 0. The van der Waals surface area contributed by atoms with Crippen molar-refractivity contribution in [3.8, 4) is 33.6 Å². The Morgan fingerprint density at radius 2 is 1.48 bits per heavy atom. The first-order chi connectivity index (χ1) is 19.7. The molecule has 207 valence electrons. The van der Waals surface area contributed by atoms with Gasteiger partial charge in [-0.05, 0) is 52.1 Å². The molecule has 0 bridgehead atoms. The van der Waals surface area contributed by atoms with Crippen LogP contribution in [-0.4, -0.2) is 9.97 Å². The molecule has 0 aliphatic heterocycles. The smallest absolute Gasteiger partial charge is 0.305 e. The molecule has 2 nitrogen and oxygen atoms in total. The fourth-order valence-corrected chi connectivity index (χ4v) is 3.58. The number of pyridine rings is 2. The quantitative estimate of drug-likeness (QED) is 0.137. The van der Waals surface area contributed by atoms with Crippen LogP contribution in [0.3, 0.4) is 0 Å². The second-order valence-corrected chi connectivity index (χ2v) is 8.18. The Labute approximate surface area is 245 Å². The molecule has 0 amide bonds. The summed E-state index contributed by atoms with van der Waals surface area (Å²) in [5, 5.41) is 0. The van der Waals surface area contributed by atoms with Crippen LogP contribution in [0.2, 0.25) is 0 Å². The maximum Gasteiger partial charge on any atom is 0.381 e. The minimum Gasteiger partial charge on any atom is -0.305 e. The number of halogens is 6. The zero-order valence-electron chi connectivity index (χ0n) is 23.3. The second-order valence-electron chi connectivity index (χ2n) is 8.18. The van der Waals surface area contributed by atoms with Crippen LogP contribution >= 0.6 is 0 Å². The fourth-order valence-electron chi connectivity index (χ4n) is 3.58. The van der Waals surface area contributed by atoms with Crippen molar-refractivity contribution in [2.24, 2.45) is 0 Å². The third-order valence-corrected chi connectivity index (χ3v) is 5.45. The van der Waals surface area contributed by atoms with Crippen LogP contribution in [0.25, 0.3) is 33.6 Å². The zero-order chi connectivity index (χ0) is 30.5. The van der Waals surface area contributed by atoms with Crippen molar-refractivity contribution < 1.29 is 50.6 Å². The van der Waals surface area contributed by atoms with Crippen molar-refractivity contribution in [2.75, 3.05) is 0 Å². The van der Waals surface area contributed by atoms with Gasteiger partial charge in [0.25, 0.3) is 0 Å². The van der Waals surface area contributed by atoms with Crippen molar-refractivity contribution in [3.05, 3.63) is 132 Å². The summed E-state index contributed by atoms with van der Waals surface area (Å²) in [6.45, 7) is -2.50. The van der Waals surface area contributed by atoms with Crippen LogP contribution in [0.4, 0.5) is 26.3 Å². The summed E-state index contributed by atoms with van der Waals surface area (Å²) in [5.41, 5.74) is 0.106. The predicted molar refractivity (Wildman–Crippen MR) is 137 cm³/mol. The molecule has 0 N–H and O–H groups in total. The molecule has 2 heterocycles. The monoisotopic (exact) mass is 730 g/mol. The maximum atomic E-state index is 13.1. The number of benzene rings is 3. The van der Waals surface area contributed by atoms with Crippen molar-refractivity contribution in [1.82, 2.24) is 9.97 Å². The van der Waals surface area contributed by atoms with E-state index in [-0.39, 0.29) is 37.4 Å². The van der Waals surface area contributed by atoms with Gasteiger partial charge in [0.15, 0.2) is 0 Å². The van der Waals surface area contributed by atoms with Crippen molar-refractivity contribution in [1.29, 1.82) is 0 Å². The van der Waals surface area contributed by atoms with E-state index in [1.165, 1.54) is 11.1 Å². The van der Waals surface area contributed by atoms with Gasteiger partial charge in [-0.1, -0.05) is 48.5 Å². The van der Waals surface area contributed by atoms with Crippen LogP contribution in [0.15, 0.2) is 103 Å². The summed E-state index contributed by atoms with van der Waals surface area (Å²) in [6.07, 6.45) is -7.31. The van der Waals surface area contributed by atoms with Crippen LogP contribution in [0.1, 0.15) is 20.8 Å². The number of aromatic nitrogens is 2. The van der Waals surface area contributed by atoms with E-state index in [4.69, 9.17) is 4.11 Å². The number of nitrogens with zero attached hydrogens (tertiary/aromatic N) is 2. The van der Waals surface area contributed by atoms with Gasteiger partial charge in [0, 0.05) is 36.6 Å². The van der Waals surface area contributed by atoms with Crippen molar-refractivity contribution in [2.45, 2.75) is 19.2 Å². The Hall–Kier alpha value is -3.81. The molecule has 0 spiro atoms. The standard InChI is InChI=1S/C17H12N.C14H8F6N.Ir/c1-3-7-14(8-4-1)16-11-12-18-17(13-16)15-9-5-2-6-10-15;1-8-2-5-12(21-7-8)10-4-3-9(13(15,16)17)6-11(10)14(18,19)20;/h1-9,11-13H;2-3,5-7H,1H3;/q2*-1;/i;1D3;. The minimum absolute atomic E-state index is 0. The minimum atomic E-state index is -5.06. The first-order valence-electron chi connectivity index (χ1n) is 12.9. The number of alkyl halides is 6. The maximum absolute atomic E-state index is 13.1. The molecular formula is C31H20F6IrN2-2. The second kappa shape index (κ2) is 13.0. The summed E-state index contributed by atoms with van der Waals surface area (Å²) in [5.74, 6) is 0. The van der Waals surface area contributed by atoms with Gasteiger partial charge in [-0.25, -0.2) is 0 Å². The van der Waals surface area contributed by atoms with E-state index in [1.807, 2.05) is 60.8 Å². The average Bonchev–Trinajstić information content (AvgIpc) is 2.97. The van der Waals surface area contributed by atoms with Crippen LogP contribution in [0, 0.1) is 19.0 Å². The molecule has 1 radical (unpaired) electrons. The van der Waals surface area contributed by atoms with Gasteiger partial charge in [0.1, 0.15) is 0 Å². The van der Waals surface area contributed by atoms with Gasteiger partial charge >= 0.3 is 12.4 Å². The van der Waals surface area contributed by atoms with Crippen LogP contribution < -0.4 is 0 Å². The first-order valence-corrected chi connectivity index (χ1v) is 11.4. The van der Waals surface area contributed by atoms with E-state index in [1.54, 1.807) is 0 Å². The van der Waals surface area contributed by atoms with Gasteiger partial charge < -0.3 is 9.97 Å². The normalized spacial score (nSPS) is 12.6. The first kappa shape index (κ1) is 26.4. The SMILES string of the molecule is [2H]C([2H])([2H])c1ccc(-c2[c-]cc(C(F)(F)F)cc2C(F)(F)F)nc1.[Ir].[c-]1ccccc1-c1cc(-c2ccccc2)ccn1. The molecule has 0 unspecified atom stereocenters. The molecule has 0 saturated heterocycles. The Bertz CT molecular complexity index is 1570. The summed E-state index contributed by atoms with van der Waals surface area (Å²) < 4.78 is 98.5. The van der Waals surface area contributed by atoms with E-state index in [0.717, 1.165) is 29.6 Å². The molecule has 0 aliphatic rings. The molecule has 0 aliphatic carbocycles. The Morgan fingerprint density at radius 1 is 0.725 bits per heavy atom. The molecule has 5 rings (SSSR count). The molecule has 0 saturated carbocycles. The number of hydrogen-bond acceptors (Lipinski definition) is 2. The summed E-state index contributed by atoms with van der Waals surface area (Å²) >= 11 is 0. The largest absolute Gasteiger partial charge is 0.381 e. The fraction of sp³-hybridized carbons (Fsp3) is 0.0968. The number of rotatable bonds is 3. The van der Waals surface area contributed by atoms with E-state index >= 15 is 0 Å². The third kappa shape index (κ3) is 7.87. The predicted octanol–water partition coefficient (Wildman–Crippen LogP) is 9.11. The van der Waals surface area contributed by atoms with E-state index in [9.17, 15) is 26.3 Å². The summed E-state index contributed by atoms with van der Waals surface area (Å²) in [7, 11) is 0. The molecule has 5 aromatic rings. The van der Waals surface area contributed by atoms with Gasteiger partial charge in [0.2, 0.25) is 0 Å². The average molecular weight is 730 g/mol. The number of aryl methyl sites for hydroxylation is 1. The molecule has 2 aromatic heterocycles. The Kier molecular flexibility index (Phi) is 8.60. The van der Waals surface area contributed by atoms with Gasteiger partial charge in [-0.15, -0.1) is 59.7 Å². The molecule has 3 aromatic carbocycles. The molecule has 9 heteroatoms. The molecule has 40 heavy (non-hydrogen) atoms. The van der Waals surface area contributed by atoms with E-state index in [2.05, 4.69) is 34.2 Å². The van der Waals surface area contributed by atoms with Crippen molar-refractivity contribution in [3.63, 3.8) is 0 Å². The molecular weight excluding hydrogens is 707 g/mol. The summed E-state index contributed by atoms with van der Waals surface area (Å²) in [6, 6.07) is 29.9. The summed E-state index contributed by atoms with van der Waals surface area (Å²) in [4.78, 5) is 8.01. The van der Waals surface area contributed by atoms with Crippen LogP contribution in [-0.2, 0) is 32.5 Å². The van der Waals surface area contributed by atoms with Crippen LogP contribution in [0.5, 0.6) is 0 Å². The zero-order valence-corrected chi connectivity index (χ0v) is 22.7. The van der Waals surface area contributed by atoms with E-state index < -0.39 is 35.9 Å². The third-order valence-electron chi connectivity index (χ3n) is 5.45. The van der Waals surface area contributed by atoms with Gasteiger partial charge in [-0.3, -0.25) is 0 Å². The van der Waals surface area contributed by atoms with Gasteiger partial charge in [-0.2, -0.15) is 26.3 Å². The Balaban J connectivity index is 0.000000238. The Morgan fingerprint density at radius 3 is 2.08 bits per heavy atom. The molecule has 0 atom stereocenters. The van der Waals surface area contributed by atoms with E-state index in [0.29, 0.717) is 6.07 Å². The topological polar surface area (TPSA) is 25.8 Å². The molecule has 0 fully saturated rings. The van der Waals surface area contributed by atoms with Gasteiger partial charge in [0.05, 0.1) is 0 Å². The van der Waals surface area contributed by atoms with Crippen molar-refractivity contribution >= 4 is 0 Å².